The summed E-state index contributed by atoms with van der Waals surface area (Å²) in [6.45, 7) is 5.82. The van der Waals surface area contributed by atoms with Crippen molar-refractivity contribution in [2.75, 3.05) is 5.32 Å². The zero-order valence-corrected chi connectivity index (χ0v) is 18.8. The van der Waals surface area contributed by atoms with Crippen LogP contribution in [0.4, 0.5) is 5.69 Å². The smallest absolute Gasteiger partial charge is 0.295 e. The van der Waals surface area contributed by atoms with Crippen molar-refractivity contribution in [3.63, 3.8) is 0 Å². The molecule has 0 fully saturated rings. The van der Waals surface area contributed by atoms with Gasteiger partial charge in [-0.1, -0.05) is 71.2 Å². The molecule has 0 saturated heterocycles. The first-order valence-electron chi connectivity index (χ1n) is 9.70. The summed E-state index contributed by atoms with van der Waals surface area (Å²) in [4.78, 5) is 17.5. The first kappa shape index (κ1) is 21.1. The number of para-hydroxylation sites is 1. The highest BCUT2D eigenvalue weighted by Gasteiger charge is 2.20. The number of aromatic nitrogens is 3. The van der Waals surface area contributed by atoms with Gasteiger partial charge in [0.1, 0.15) is 0 Å². The van der Waals surface area contributed by atoms with Crippen molar-refractivity contribution in [2.45, 2.75) is 20.8 Å². The third kappa shape index (κ3) is 4.33. The highest BCUT2D eigenvalue weighted by molar-refractivity contribution is 6.34. The molecule has 1 heterocycles. The summed E-state index contributed by atoms with van der Waals surface area (Å²) in [7, 11) is 0. The van der Waals surface area contributed by atoms with E-state index in [1.165, 1.54) is 0 Å². The van der Waals surface area contributed by atoms with Crippen LogP contribution in [0.5, 0.6) is 0 Å². The molecule has 1 N–H and O–H groups in total. The molecule has 0 aliphatic heterocycles. The molecule has 0 unspecified atom stereocenters. The van der Waals surface area contributed by atoms with Gasteiger partial charge in [0, 0.05) is 10.6 Å². The largest absolute Gasteiger partial charge is 0.318 e. The molecule has 0 aliphatic carbocycles. The first-order chi connectivity index (χ1) is 14.8. The molecule has 4 rings (SSSR count). The molecule has 5 nitrogen and oxygen atoms in total. The number of benzene rings is 3. The Labute approximate surface area is 190 Å². The summed E-state index contributed by atoms with van der Waals surface area (Å²) in [5, 5.41) is 8.40. The van der Waals surface area contributed by atoms with E-state index in [0.29, 0.717) is 27.2 Å². The second-order valence-corrected chi connectivity index (χ2v) is 8.17. The number of anilines is 1. The summed E-state index contributed by atoms with van der Waals surface area (Å²) >= 11 is 12.6. The van der Waals surface area contributed by atoms with Crippen LogP contribution in [0, 0.1) is 20.8 Å². The van der Waals surface area contributed by atoms with Crippen molar-refractivity contribution in [1.82, 2.24) is 14.8 Å². The van der Waals surface area contributed by atoms with E-state index >= 15 is 0 Å². The Hall–Kier alpha value is -3.15. The van der Waals surface area contributed by atoms with Crippen LogP contribution in [-0.4, -0.2) is 20.7 Å². The SMILES string of the molecule is Cc1ccc(-c2nc(C(=O)Nc3c(C)cccc3Cl)nn2-c2ccc(C)c(Cl)c2)cc1. The number of carbonyl (C=O) groups is 1. The Balaban J connectivity index is 1.80. The minimum atomic E-state index is -0.443. The zero-order valence-electron chi connectivity index (χ0n) is 17.3. The van der Waals surface area contributed by atoms with E-state index in [1.54, 1.807) is 10.7 Å². The molecule has 7 heteroatoms. The van der Waals surface area contributed by atoms with Gasteiger partial charge in [-0.3, -0.25) is 4.79 Å². The number of nitrogens with one attached hydrogen (secondary N) is 1. The first-order valence-corrected chi connectivity index (χ1v) is 10.5. The second kappa shape index (κ2) is 8.53. The van der Waals surface area contributed by atoms with Gasteiger partial charge in [-0.05, 0) is 50.1 Å². The van der Waals surface area contributed by atoms with E-state index in [2.05, 4.69) is 15.4 Å². The fourth-order valence-corrected chi connectivity index (χ4v) is 3.59. The minimum Gasteiger partial charge on any atom is -0.318 e. The number of rotatable bonds is 4. The average Bonchev–Trinajstić information content (AvgIpc) is 3.19. The number of aryl methyl sites for hydroxylation is 3. The fourth-order valence-electron chi connectivity index (χ4n) is 3.15. The van der Waals surface area contributed by atoms with Crippen molar-refractivity contribution < 1.29 is 4.79 Å². The van der Waals surface area contributed by atoms with Crippen LogP contribution in [-0.2, 0) is 0 Å². The molecule has 4 aromatic rings. The lowest BCUT2D eigenvalue weighted by Crippen LogP contribution is -2.15. The van der Waals surface area contributed by atoms with Crippen LogP contribution in [0.25, 0.3) is 17.1 Å². The quantitative estimate of drug-likeness (QED) is 0.390. The topological polar surface area (TPSA) is 59.8 Å². The van der Waals surface area contributed by atoms with Crippen LogP contribution < -0.4 is 5.32 Å². The zero-order chi connectivity index (χ0) is 22.1. The summed E-state index contributed by atoms with van der Waals surface area (Å²) < 4.78 is 1.63. The van der Waals surface area contributed by atoms with E-state index in [9.17, 15) is 4.79 Å². The van der Waals surface area contributed by atoms with Gasteiger partial charge in [-0.2, -0.15) is 0 Å². The van der Waals surface area contributed by atoms with E-state index in [-0.39, 0.29) is 5.82 Å². The highest BCUT2D eigenvalue weighted by Crippen LogP contribution is 2.27. The Bertz CT molecular complexity index is 1260. The van der Waals surface area contributed by atoms with Gasteiger partial charge in [-0.15, -0.1) is 5.10 Å². The van der Waals surface area contributed by atoms with E-state index in [4.69, 9.17) is 23.2 Å². The maximum Gasteiger partial charge on any atom is 0.295 e. The Kier molecular flexibility index (Phi) is 5.81. The van der Waals surface area contributed by atoms with Crippen molar-refractivity contribution in [3.05, 3.63) is 93.2 Å². The third-order valence-corrected chi connectivity index (χ3v) is 5.70. The van der Waals surface area contributed by atoms with E-state index in [1.807, 2.05) is 75.4 Å². The van der Waals surface area contributed by atoms with Gasteiger partial charge in [0.2, 0.25) is 5.82 Å². The molecular weight excluding hydrogens is 431 g/mol. The molecule has 3 aromatic carbocycles. The molecule has 0 aliphatic rings. The molecule has 0 atom stereocenters. The molecule has 0 bridgehead atoms. The van der Waals surface area contributed by atoms with Gasteiger partial charge < -0.3 is 5.32 Å². The lowest BCUT2D eigenvalue weighted by atomic mass is 10.1. The van der Waals surface area contributed by atoms with Gasteiger partial charge in [0.05, 0.1) is 16.4 Å². The molecule has 0 saturated carbocycles. The van der Waals surface area contributed by atoms with Crippen LogP contribution in [0.3, 0.4) is 0 Å². The third-order valence-electron chi connectivity index (χ3n) is 4.98. The molecule has 1 amide bonds. The van der Waals surface area contributed by atoms with Gasteiger partial charge in [-0.25, -0.2) is 9.67 Å². The van der Waals surface area contributed by atoms with Crippen molar-refractivity contribution >= 4 is 34.8 Å². The number of hydrogen-bond donors (Lipinski definition) is 1. The lowest BCUT2D eigenvalue weighted by molar-refractivity contribution is 0.101. The fraction of sp³-hybridized carbons (Fsp3) is 0.125. The number of halogens is 2. The van der Waals surface area contributed by atoms with Crippen molar-refractivity contribution in [1.29, 1.82) is 0 Å². The summed E-state index contributed by atoms with van der Waals surface area (Å²) in [6.07, 6.45) is 0. The maximum absolute atomic E-state index is 13.0. The van der Waals surface area contributed by atoms with Crippen LogP contribution >= 0.6 is 23.2 Å². The van der Waals surface area contributed by atoms with E-state index in [0.717, 1.165) is 22.3 Å². The summed E-state index contributed by atoms with van der Waals surface area (Å²) in [5.74, 6) is 0.133. The van der Waals surface area contributed by atoms with Crippen molar-refractivity contribution in [3.8, 4) is 17.1 Å². The normalized spacial score (nSPS) is 10.9. The molecular formula is C24H20Cl2N4O. The second-order valence-electron chi connectivity index (χ2n) is 7.36. The number of nitrogens with zero attached hydrogens (tertiary/aromatic N) is 3. The predicted molar refractivity (Wildman–Crippen MR) is 125 cm³/mol. The van der Waals surface area contributed by atoms with Crippen LogP contribution in [0.1, 0.15) is 27.3 Å². The van der Waals surface area contributed by atoms with Crippen LogP contribution in [0.2, 0.25) is 10.0 Å². The lowest BCUT2D eigenvalue weighted by Gasteiger charge is -2.08. The van der Waals surface area contributed by atoms with Gasteiger partial charge in [0.15, 0.2) is 5.82 Å². The molecule has 0 radical (unpaired) electrons. The Morgan fingerprint density at radius 2 is 1.65 bits per heavy atom. The maximum atomic E-state index is 13.0. The number of amides is 1. The molecule has 31 heavy (non-hydrogen) atoms. The van der Waals surface area contributed by atoms with Crippen LogP contribution in [0.15, 0.2) is 60.7 Å². The number of hydrogen-bond acceptors (Lipinski definition) is 3. The Morgan fingerprint density at radius 1 is 0.903 bits per heavy atom. The van der Waals surface area contributed by atoms with E-state index < -0.39 is 5.91 Å². The van der Waals surface area contributed by atoms with Gasteiger partial charge >= 0.3 is 0 Å². The average molecular weight is 451 g/mol. The Morgan fingerprint density at radius 3 is 2.32 bits per heavy atom. The molecule has 1 aromatic heterocycles. The summed E-state index contributed by atoms with van der Waals surface area (Å²) in [6, 6.07) is 18.9. The minimum absolute atomic E-state index is 0.0339. The summed E-state index contributed by atoms with van der Waals surface area (Å²) in [5.41, 5.74) is 5.02. The number of carbonyl (C=O) groups excluding carboxylic acids is 1. The molecule has 0 spiro atoms. The van der Waals surface area contributed by atoms with Gasteiger partial charge in [0.25, 0.3) is 5.91 Å². The predicted octanol–water partition coefficient (Wildman–Crippen LogP) is 6.42. The molecule has 156 valence electrons. The van der Waals surface area contributed by atoms with Crippen molar-refractivity contribution in [2.24, 2.45) is 0 Å². The highest BCUT2D eigenvalue weighted by atomic mass is 35.5. The monoisotopic (exact) mass is 450 g/mol. The standard InChI is InChI=1S/C24H20Cl2N4O/c1-14-7-10-17(11-8-14)23-28-22(24(31)27-21-16(3)5-4-6-19(21)25)29-30(23)18-12-9-15(2)20(26)13-18/h4-13H,1-3H3,(H,27,31).